The van der Waals surface area contributed by atoms with Gasteiger partial charge in [0.2, 0.25) is 0 Å². The maximum Gasteiger partial charge on any atom is 0.257 e. The van der Waals surface area contributed by atoms with E-state index in [1.807, 2.05) is 23.7 Å². The SMILES string of the molecule is C[C@H]1CCc2c(C(=O)Nc3ccc(N4CCOCC4)cn3)csc2C1. The third kappa shape index (κ3) is 3.55. The molecule has 3 heterocycles. The Morgan fingerprint density at radius 3 is 2.96 bits per heavy atom. The Labute approximate surface area is 152 Å². The fourth-order valence-corrected chi connectivity index (χ4v) is 4.76. The summed E-state index contributed by atoms with van der Waals surface area (Å²) in [7, 11) is 0. The molecule has 0 spiro atoms. The van der Waals surface area contributed by atoms with Gasteiger partial charge < -0.3 is 15.0 Å². The first-order chi connectivity index (χ1) is 12.2. The van der Waals surface area contributed by atoms with Crippen molar-refractivity contribution >= 4 is 28.7 Å². The number of rotatable bonds is 3. The van der Waals surface area contributed by atoms with Crippen molar-refractivity contribution in [3.63, 3.8) is 0 Å². The monoisotopic (exact) mass is 357 g/mol. The van der Waals surface area contributed by atoms with Gasteiger partial charge in [0.25, 0.3) is 5.91 Å². The first-order valence-corrected chi connectivity index (χ1v) is 9.78. The van der Waals surface area contributed by atoms with Crippen LogP contribution in [0.3, 0.4) is 0 Å². The first-order valence-electron chi connectivity index (χ1n) is 8.90. The first kappa shape index (κ1) is 16.5. The van der Waals surface area contributed by atoms with E-state index < -0.39 is 0 Å². The number of hydrogen-bond acceptors (Lipinski definition) is 5. The number of amides is 1. The molecule has 0 radical (unpaired) electrons. The number of carbonyl (C=O) groups excluding carboxylic acids is 1. The van der Waals surface area contributed by atoms with Crippen LogP contribution >= 0.6 is 11.3 Å². The van der Waals surface area contributed by atoms with Crippen LogP contribution < -0.4 is 10.2 Å². The zero-order valence-electron chi connectivity index (χ0n) is 14.5. The highest BCUT2D eigenvalue weighted by molar-refractivity contribution is 7.10. The summed E-state index contributed by atoms with van der Waals surface area (Å²) in [5, 5.41) is 4.95. The Kier molecular flexibility index (Phi) is 4.72. The number of ether oxygens (including phenoxy) is 1. The van der Waals surface area contributed by atoms with Crippen molar-refractivity contribution in [2.75, 3.05) is 36.5 Å². The molecule has 5 nitrogen and oxygen atoms in total. The highest BCUT2D eigenvalue weighted by Gasteiger charge is 2.23. The Balaban J connectivity index is 1.44. The number of pyridine rings is 1. The van der Waals surface area contributed by atoms with E-state index in [4.69, 9.17) is 4.74 Å². The minimum absolute atomic E-state index is 0.0429. The average Bonchev–Trinajstić information content (AvgIpc) is 3.06. The van der Waals surface area contributed by atoms with E-state index in [2.05, 4.69) is 22.1 Å². The van der Waals surface area contributed by atoms with Crippen LogP contribution in [0.2, 0.25) is 0 Å². The number of hydrogen-bond donors (Lipinski definition) is 1. The van der Waals surface area contributed by atoms with Gasteiger partial charge in [-0.15, -0.1) is 11.3 Å². The number of anilines is 2. The fraction of sp³-hybridized carbons (Fsp3) is 0.474. The molecule has 0 bridgehead atoms. The van der Waals surface area contributed by atoms with Crippen LogP contribution in [-0.4, -0.2) is 37.2 Å². The van der Waals surface area contributed by atoms with E-state index in [1.165, 1.54) is 10.4 Å². The second kappa shape index (κ2) is 7.14. The lowest BCUT2D eigenvalue weighted by Crippen LogP contribution is -2.36. The van der Waals surface area contributed by atoms with Crippen molar-refractivity contribution < 1.29 is 9.53 Å². The molecule has 2 aromatic heterocycles. The van der Waals surface area contributed by atoms with Crippen LogP contribution in [0.4, 0.5) is 11.5 Å². The number of fused-ring (bicyclic) bond motifs is 1. The highest BCUT2D eigenvalue weighted by atomic mass is 32.1. The third-order valence-corrected chi connectivity index (χ3v) is 6.06. The standard InChI is InChI=1S/C19H23N3O2S/c1-13-2-4-15-16(12-25-17(15)10-13)19(23)21-18-5-3-14(11-20-18)22-6-8-24-9-7-22/h3,5,11-13H,2,4,6-10H2,1H3,(H,20,21,23)/t13-/m0/s1. The van der Waals surface area contributed by atoms with E-state index in [0.29, 0.717) is 5.82 Å². The van der Waals surface area contributed by atoms with Crippen LogP contribution in [0, 0.1) is 5.92 Å². The Morgan fingerprint density at radius 2 is 2.20 bits per heavy atom. The minimum atomic E-state index is -0.0429. The van der Waals surface area contributed by atoms with Gasteiger partial charge >= 0.3 is 0 Å². The molecule has 0 saturated carbocycles. The molecule has 4 rings (SSSR count). The molecule has 1 aliphatic carbocycles. The summed E-state index contributed by atoms with van der Waals surface area (Å²) in [6.07, 6.45) is 5.09. The summed E-state index contributed by atoms with van der Waals surface area (Å²) in [5.41, 5.74) is 3.14. The Hall–Kier alpha value is -1.92. The summed E-state index contributed by atoms with van der Waals surface area (Å²) in [6.45, 7) is 5.54. The third-order valence-electron chi connectivity index (χ3n) is 5.01. The van der Waals surface area contributed by atoms with E-state index >= 15 is 0 Å². The number of aromatic nitrogens is 1. The van der Waals surface area contributed by atoms with Crippen LogP contribution in [0.5, 0.6) is 0 Å². The van der Waals surface area contributed by atoms with Gasteiger partial charge in [0.1, 0.15) is 5.82 Å². The van der Waals surface area contributed by atoms with Gasteiger partial charge in [0, 0.05) is 23.3 Å². The van der Waals surface area contributed by atoms with Gasteiger partial charge in [-0.1, -0.05) is 6.92 Å². The minimum Gasteiger partial charge on any atom is -0.378 e. The van der Waals surface area contributed by atoms with Crippen molar-refractivity contribution in [1.29, 1.82) is 0 Å². The second-order valence-electron chi connectivity index (χ2n) is 6.85. The number of nitrogens with zero attached hydrogens (tertiary/aromatic N) is 2. The second-order valence-corrected chi connectivity index (χ2v) is 7.82. The smallest absolute Gasteiger partial charge is 0.257 e. The van der Waals surface area contributed by atoms with Crippen molar-refractivity contribution in [1.82, 2.24) is 4.98 Å². The van der Waals surface area contributed by atoms with Crippen LogP contribution in [0.1, 0.15) is 34.1 Å². The zero-order chi connectivity index (χ0) is 17.2. The van der Waals surface area contributed by atoms with Gasteiger partial charge in [0.15, 0.2) is 0 Å². The van der Waals surface area contributed by atoms with Crippen LogP contribution in [0.25, 0.3) is 0 Å². The number of nitrogens with one attached hydrogen (secondary N) is 1. The zero-order valence-corrected chi connectivity index (χ0v) is 15.3. The molecule has 1 N–H and O–H groups in total. The molecule has 6 heteroatoms. The average molecular weight is 357 g/mol. The quantitative estimate of drug-likeness (QED) is 0.915. The van der Waals surface area contributed by atoms with E-state index in [-0.39, 0.29) is 5.91 Å². The molecule has 2 aliphatic rings. The molecular formula is C19H23N3O2S. The van der Waals surface area contributed by atoms with Crippen LogP contribution in [-0.2, 0) is 17.6 Å². The van der Waals surface area contributed by atoms with E-state index in [1.54, 1.807) is 11.3 Å². The van der Waals surface area contributed by atoms with Crippen LogP contribution in [0.15, 0.2) is 23.7 Å². The van der Waals surface area contributed by atoms with Crippen molar-refractivity contribution in [3.8, 4) is 0 Å². The van der Waals surface area contributed by atoms with Crippen molar-refractivity contribution in [3.05, 3.63) is 39.7 Å². The largest absolute Gasteiger partial charge is 0.378 e. The Bertz CT molecular complexity index is 751. The normalized spacial score (nSPS) is 20.2. The highest BCUT2D eigenvalue weighted by Crippen LogP contribution is 2.33. The predicted molar refractivity (Wildman–Crippen MR) is 101 cm³/mol. The van der Waals surface area contributed by atoms with Crippen molar-refractivity contribution in [2.24, 2.45) is 5.92 Å². The number of thiophene rings is 1. The van der Waals surface area contributed by atoms with E-state index in [0.717, 1.165) is 62.7 Å². The lowest BCUT2D eigenvalue weighted by molar-refractivity contribution is 0.102. The lowest BCUT2D eigenvalue weighted by atomic mass is 9.88. The number of carbonyl (C=O) groups is 1. The molecule has 1 saturated heterocycles. The predicted octanol–water partition coefficient (Wildman–Crippen LogP) is 3.36. The number of morpholine rings is 1. The fourth-order valence-electron chi connectivity index (χ4n) is 3.52. The molecule has 25 heavy (non-hydrogen) atoms. The molecular weight excluding hydrogens is 334 g/mol. The molecule has 1 amide bonds. The van der Waals surface area contributed by atoms with Gasteiger partial charge in [-0.3, -0.25) is 4.79 Å². The topological polar surface area (TPSA) is 54.5 Å². The molecule has 1 fully saturated rings. The molecule has 132 valence electrons. The molecule has 0 unspecified atom stereocenters. The van der Waals surface area contributed by atoms with Crippen molar-refractivity contribution in [2.45, 2.75) is 26.2 Å². The summed E-state index contributed by atoms with van der Waals surface area (Å²) >= 11 is 1.72. The Morgan fingerprint density at radius 1 is 1.36 bits per heavy atom. The van der Waals surface area contributed by atoms with Gasteiger partial charge in [-0.2, -0.15) is 0 Å². The summed E-state index contributed by atoms with van der Waals surface area (Å²) in [5.74, 6) is 1.28. The molecule has 1 aliphatic heterocycles. The molecule has 2 aromatic rings. The summed E-state index contributed by atoms with van der Waals surface area (Å²) in [6, 6.07) is 3.89. The van der Waals surface area contributed by atoms with E-state index in [9.17, 15) is 4.79 Å². The van der Waals surface area contributed by atoms with Gasteiger partial charge in [0.05, 0.1) is 30.7 Å². The van der Waals surface area contributed by atoms with Gasteiger partial charge in [-0.25, -0.2) is 4.98 Å². The van der Waals surface area contributed by atoms with Gasteiger partial charge in [-0.05, 0) is 42.9 Å². The maximum atomic E-state index is 12.6. The summed E-state index contributed by atoms with van der Waals surface area (Å²) in [4.78, 5) is 20.7. The molecule has 1 atom stereocenters. The lowest BCUT2D eigenvalue weighted by Gasteiger charge is -2.28. The maximum absolute atomic E-state index is 12.6. The molecule has 0 aromatic carbocycles. The summed E-state index contributed by atoms with van der Waals surface area (Å²) < 4.78 is 5.37.